The normalized spacial score (nSPS) is 15.9. The van der Waals surface area contributed by atoms with Gasteiger partial charge < -0.3 is 15.4 Å². The standard InChI is InChI=1S/C22H22ClN7O2/c1-32-19-4-3-15(23)9-16(19)20-18(13-29(28-20)12-14-5-7-24-10-14)27-22(31)17-11-26-30-8-2-6-25-21(17)30/h2-4,6,8-9,11,13-14,24H,5,7,10,12H2,1H3,(H,27,31). The summed E-state index contributed by atoms with van der Waals surface area (Å²) in [6.07, 6.45) is 7.82. The van der Waals surface area contributed by atoms with Gasteiger partial charge in [0.15, 0.2) is 5.65 Å². The zero-order valence-corrected chi connectivity index (χ0v) is 18.2. The topological polar surface area (TPSA) is 98.4 Å². The van der Waals surface area contributed by atoms with Gasteiger partial charge in [0, 0.05) is 35.7 Å². The fourth-order valence-electron chi connectivity index (χ4n) is 3.98. The fourth-order valence-corrected chi connectivity index (χ4v) is 4.15. The van der Waals surface area contributed by atoms with Crippen molar-refractivity contribution in [2.45, 2.75) is 13.0 Å². The van der Waals surface area contributed by atoms with Crippen molar-refractivity contribution in [2.24, 2.45) is 5.92 Å². The second kappa shape index (κ2) is 8.60. The van der Waals surface area contributed by atoms with Gasteiger partial charge in [-0.1, -0.05) is 11.6 Å². The van der Waals surface area contributed by atoms with Crippen molar-refractivity contribution in [1.82, 2.24) is 29.7 Å². The monoisotopic (exact) mass is 451 g/mol. The van der Waals surface area contributed by atoms with Crippen LogP contribution in [-0.2, 0) is 6.54 Å². The number of hydrogen-bond acceptors (Lipinski definition) is 6. The molecule has 1 aromatic carbocycles. The van der Waals surface area contributed by atoms with E-state index in [9.17, 15) is 4.79 Å². The molecule has 0 aliphatic carbocycles. The van der Waals surface area contributed by atoms with Crippen LogP contribution in [0.3, 0.4) is 0 Å². The van der Waals surface area contributed by atoms with E-state index in [0.717, 1.165) is 26.1 Å². The lowest BCUT2D eigenvalue weighted by Gasteiger charge is -2.09. The number of halogens is 1. The van der Waals surface area contributed by atoms with Gasteiger partial charge in [-0.15, -0.1) is 0 Å². The Kier molecular flexibility index (Phi) is 5.50. The Labute approximate surface area is 189 Å². The fraction of sp³-hybridized carbons (Fsp3) is 0.273. The molecule has 9 nitrogen and oxygen atoms in total. The Bertz CT molecular complexity index is 1280. The van der Waals surface area contributed by atoms with Crippen LogP contribution in [0.1, 0.15) is 16.8 Å². The van der Waals surface area contributed by atoms with Crippen molar-refractivity contribution in [2.75, 3.05) is 25.5 Å². The minimum atomic E-state index is -0.317. The highest BCUT2D eigenvalue weighted by atomic mass is 35.5. The maximum absolute atomic E-state index is 13.1. The minimum Gasteiger partial charge on any atom is -0.496 e. The number of nitrogens with one attached hydrogen (secondary N) is 2. The first-order valence-corrected chi connectivity index (χ1v) is 10.7. The molecular formula is C22H22ClN7O2. The molecule has 10 heteroatoms. The summed E-state index contributed by atoms with van der Waals surface area (Å²) in [5, 5.41) is 15.9. The van der Waals surface area contributed by atoms with E-state index in [-0.39, 0.29) is 5.91 Å². The number of nitrogens with zero attached hydrogens (tertiary/aromatic N) is 5. The third kappa shape index (κ3) is 3.92. The molecule has 1 atom stereocenters. The molecule has 1 unspecified atom stereocenters. The summed E-state index contributed by atoms with van der Waals surface area (Å²) in [5.41, 5.74) is 2.72. The number of benzene rings is 1. The first-order chi connectivity index (χ1) is 15.6. The van der Waals surface area contributed by atoms with Crippen LogP contribution in [0.2, 0.25) is 5.02 Å². The predicted octanol–water partition coefficient (Wildman–Crippen LogP) is 3.12. The van der Waals surface area contributed by atoms with E-state index in [1.165, 1.54) is 6.20 Å². The molecule has 1 fully saturated rings. The second-order valence-electron chi connectivity index (χ2n) is 7.72. The van der Waals surface area contributed by atoms with Crippen molar-refractivity contribution in [3.05, 3.63) is 59.6 Å². The number of anilines is 1. The molecule has 1 saturated heterocycles. The van der Waals surface area contributed by atoms with E-state index in [1.807, 2.05) is 10.9 Å². The molecule has 3 aromatic heterocycles. The van der Waals surface area contributed by atoms with Gasteiger partial charge in [0.1, 0.15) is 17.0 Å². The van der Waals surface area contributed by atoms with Gasteiger partial charge in [0.2, 0.25) is 0 Å². The highest BCUT2D eigenvalue weighted by Gasteiger charge is 2.22. The van der Waals surface area contributed by atoms with Gasteiger partial charge in [0.05, 0.1) is 19.0 Å². The van der Waals surface area contributed by atoms with E-state index in [4.69, 9.17) is 21.4 Å². The predicted molar refractivity (Wildman–Crippen MR) is 121 cm³/mol. The van der Waals surface area contributed by atoms with E-state index >= 15 is 0 Å². The molecular weight excluding hydrogens is 430 g/mol. The van der Waals surface area contributed by atoms with Gasteiger partial charge in [-0.05, 0) is 49.7 Å². The van der Waals surface area contributed by atoms with Crippen molar-refractivity contribution in [3.63, 3.8) is 0 Å². The van der Waals surface area contributed by atoms with Gasteiger partial charge in [-0.3, -0.25) is 9.48 Å². The Balaban J connectivity index is 1.53. The molecule has 5 rings (SSSR count). The highest BCUT2D eigenvalue weighted by Crippen LogP contribution is 2.36. The highest BCUT2D eigenvalue weighted by molar-refractivity contribution is 6.31. The van der Waals surface area contributed by atoms with Crippen LogP contribution in [0.15, 0.2) is 49.1 Å². The molecule has 4 heterocycles. The van der Waals surface area contributed by atoms with E-state index in [0.29, 0.717) is 44.8 Å². The average molecular weight is 452 g/mol. The van der Waals surface area contributed by atoms with Crippen LogP contribution in [0, 0.1) is 5.92 Å². The van der Waals surface area contributed by atoms with Gasteiger partial charge in [-0.25, -0.2) is 9.50 Å². The lowest BCUT2D eigenvalue weighted by molar-refractivity contribution is 0.102. The smallest absolute Gasteiger partial charge is 0.261 e. The van der Waals surface area contributed by atoms with Gasteiger partial charge >= 0.3 is 0 Å². The van der Waals surface area contributed by atoms with Gasteiger partial charge in [0.25, 0.3) is 5.91 Å². The third-order valence-corrected chi connectivity index (χ3v) is 5.79. The first kappa shape index (κ1) is 20.5. The summed E-state index contributed by atoms with van der Waals surface area (Å²) in [4.78, 5) is 17.4. The maximum Gasteiger partial charge on any atom is 0.261 e. The number of carbonyl (C=O) groups excluding carboxylic acids is 1. The maximum atomic E-state index is 13.1. The summed E-state index contributed by atoms with van der Waals surface area (Å²) < 4.78 is 8.97. The summed E-state index contributed by atoms with van der Waals surface area (Å²) in [5.74, 6) is 0.787. The number of aromatic nitrogens is 5. The molecule has 0 bridgehead atoms. The molecule has 1 aliphatic rings. The minimum absolute atomic E-state index is 0.317. The van der Waals surface area contributed by atoms with E-state index in [2.05, 4.69) is 20.7 Å². The Hall–Kier alpha value is -3.43. The number of rotatable bonds is 6. The lowest BCUT2D eigenvalue weighted by Crippen LogP contribution is -2.15. The van der Waals surface area contributed by atoms with Crippen LogP contribution in [0.25, 0.3) is 16.9 Å². The Morgan fingerprint density at radius 1 is 1.41 bits per heavy atom. The van der Waals surface area contributed by atoms with Crippen LogP contribution >= 0.6 is 11.6 Å². The molecule has 1 aliphatic heterocycles. The summed E-state index contributed by atoms with van der Waals surface area (Å²) in [7, 11) is 1.59. The quantitative estimate of drug-likeness (QED) is 0.467. The molecule has 0 radical (unpaired) electrons. The second-order valence-corrected chi connectivity index (χ2v) is 8.15. The summed E-state index contributed by atoms with van der Waals surface area (Å²) in [6, 6.07) is 7.09. The van der Waals surface area contributed by atoms with Crippen LogP contribution in [0.4, 0.5) is 5.69 Å². The Morgan fingerprint density at radius 2 is 2.31 bits per heavy atom. The molecule has 1 amide bonds. The SMILES string of the molecule is COc1ccc(Cl)cc1-c1nn(CC2CCNC2)cc1NC(=O)c1cnn2cccnc12. The van der Waals surface area contributed by atoms with Crippen molar-refractivity contribution < 1.29 is 9.53 Å². The molecule has 0 saturated carbocycles. The van der Waals surface area contributed by atoms with Gasteiger partial charge in [-0.2, -0.15) is 10.2 Å². The zero-order chi connectivity index (χ0) is 22.1. The zero-order valence-electron chi connectivity index (χ0n) is 17.5. The lowest BCUT2D eigenvalue weighted by atomic mass is 10.1. The van der Waals surface area contributed by atoms with Crippen molar-refractivity contribution in [3.8, 4) is 17.0 Å². The van der Waals surface area contributed by atoms with Crippen LogP contribution in [-0.4, -0.2) is 50.5 Å². The first-order valence-electron chi connectivity index (χ1n) is 10.3. The van der Waals surface area contributed by atoms with Crippen LogP contribution < -0.4 is 15.4 Å². The number of ether oxygens (including phenoxy) is 1. The number of fused-ring (bicyclic) bond motifs is 1. The summed E-state index contributed by atoms with van der Waals surface area (Å²) in [6.45, 7) is 2.70. The molecule has 0 spiro atoms. The summed E-state index contributed by atoms with van der Waals surface area (Å²) >= 11 is 6.27. The number of methoxy groups -OCH3 is 1. The number of amides is 1. The molecule has 2 N–H and O–H groups in total. The Morgan fingerprint density at radius 3 is 3.12 bits per heavy atom. The van der Waals surface area contributed by atoms with Crippen molar-refractivity contribution in [1.29, 1.82) is 0 Å². The third-order valence-electron chi connectivity index (χ3n) is 5.56. The molecule has 32 heavy (non-hydrogen) atoms. The number of hydrogen-bond donors (Lipinski definition) is 2. The largest absolute Gasteiger partial charge is 0.496 e. The van der Waals surface area contributed by atoms with Crippen molar-refractivity contribution >= 4 is 28.8 Å². The number of carbonyl (C=O) groups is 1. The molecule has 4 aromatic rings. The average Bonchev–Trinajstić information content (AvgIpc) is 3.54. The van der Waals surface area contributed by atoms with E-state index < -0.39 is 0 Å². The van der Waals surface area contributed by atoms with Crippen LogP contribution in [0.5, 0.6) is 5.75 Å². The molecule has 164 valence electrons. The van der Waals surface area contributed by atoms with E-state index in [1.54, 1.807) is 48.3 Å².